The lowest BCUT2D eigenvalue weighted by Gasteiger charge is -2.27. The Balaban J connectivity index is 0.000000686. The average molecular weight is 454 g/mol. The molecular formula is C25H32ClN5O. The Kier molecular flexibility index (Phi) is 7.56. The SMILES string of the molecule is CC.CC.Cc1c(O)cccc1-c1cn2nc(-c3nccn3C)nc(Cl)c2c1C1CCC1. The highest BCUT2D eigenvalue weighted by Gasteiger charge is 2.29. The first-order valence-corrected chi connectivity index (χ1v) is 11.8. The summed E-state index contributed by atoms with van der Waals surface area (Å²) in [6.45, 7) is 9.93. The summed E-state index contributed by atoms with van der Waals surface area (Å²) in [5.74, 6) is 1.87. The van der Waals surface area contributed by atoms with Gasteiger partial charge in [-0.05, 0) is 48.4 Å². The topological polar surface area (TPSA) is 68.2 Å². The summed E-state index contributed by atoms with van der Waals surface area (Å²) in [7, 11) is 1.90. The molecule has 4 aromatic rings. The fourth-order valence-corrected chi connectivity index (χ4v) is 4.25. The number of halogens is 1. The van der Waals surface area contributed by atoms with Crippen molar-refractivity contribution in [2.75, 3.05) is 0 Å². The van der Waals surface area contributed by atoms with Gasteiger partial charge in [0.2, 0.25) is 5.82 Å². The normalized spacial score (nSPS) is 13.1. The van der Waals surface area contributed by atoms with Gasteiger partial charge in [-0.2, -0.15) is 0 Å². The summed E-state index contributed by atoms with van der Waals surface area (Å²) in [6.07, 6.45) is 9.04. The molecule has 3 aromatic heterocycles. The van der Waals surface area contributed by atoms with E-state index in [-0.39, 0.29) is 5.75 Å². The van der Waals surface area contributed by atoms with E-state index >= 15 is 0 Å². The molecule has 5 rings (SSSR count). The predicted molar refractivity (Wildman–Crippen MR) is 131 cm³/mol. The van der Waals surface area contributed by atoms with Gasteiger partial charge in [0.05, 0.1) is 0 Å². The summed E-state index contributed by atoms with van der Waals surface area (Å²) < 4.78 is 3.69. The molecule has 0 radical (unpaired) electrons. The van der Waals surface area contributed by atoms with Crippen molar-refractivity contribution in [2.45, 2.75) is 59.8 Å². The lowest BCUT2D eigenvalue weighted by atomic mass is 9.77. The quantitative estimate of drug-likeness (QED) is 0.371. The Bertz CT molecular complexity index is 1210. The van der Waals surface area contributed by atoms with Crippen LogP contribution in [0.25, 0.3) is 28.3 Å². The van der Waals surface area contributed by atoms with E-state index in [1.807, 2.05) is 75.3 Å². The van der Waals surface area contributed by atoms with Gasteiger partial charge in [0.25, 0.3) is 0 Å². The molecule has 3 heterocycles. The molecule has 170 valence electrons. The fraction of sp³-hybridized carbons (Fsp3) is 0.400. The second-order valence-corrected chi connectivity index (χ2v) is 7.77. The zero-order chi connectivity index (χ0) is 23.4. The maximum Gasteiger partial charge on any atom is 0.217 e. The number of phenols is 1. The van der Waals surface area contributed by atoms with Gasteiger partial charge in [0.1, 0.15) is 11.3 Å². The number of imidazole rings is 1. The monoisotopic (exact) mass is 453 g/mol. The van der Waals surface area contributed by atoms with E-state index in [4.69, 9.17) is 16.7 Å². The molecule has 0 spiro atoms. The third-order valence-corrected chi connectivity index (χ3v) is 6.02. The van der Waals surface area contributed by atoms with Crippen molar-refractivity contribution in [1.29, 1.82) is 0 Å². The summed E-state index contributed by atoms with van der Waals surface area (Å²) in [6, 6.07) is 5.62. The molecule has 1 saturated carbocycles. The molecule has 6 nitrogen and oxygen atoms in total. The van der Waals surface area contributed by atoms with E-state index in [9.17, 15) is 5.11 Å². The maximum atomic E-state index is 10.2. The van der Waals surface area contributed by atoms with Crippen LogP contribution in [-0.2, 0) is 7.05 Å². The number of hydrogen-bond donors (Lipinski definition) is 1. The molecule has 7 heteroatoms. The number of rotatable bonds is 3. The van der Waals surface area contributed by atoms with Crippen molar-refractivity contribution in [3.8, 4) is 28.5 Å². The lowest BCUT2D eigenvalue weighted by Crippen LogP contribution is -2.10. The maximum absolute atomic E-state index is 10.2. The molecule has 0 amide bonds. The zero-order valence-electron chi connectivity index (χ0n) is 19.7. The first-order valence-electron chi connectivity index (χ1n) is 11.4. The van der Waals surface area contributed by atoms with Crippen LogP contribution in [0.4, 0.5) is 0 Å². The van der Waals surface area contributed by atoms with Crippen LogP contribution in [0.1, 0.15) is 64.0 Å². The number of hydrogen-bond acceptors (Lipinski definition) is 4. The molecule has 0 aliphatic heterocycles. The molecule has 1 aliphatic rings. The van der Waals surface area contributed by atoms with Crippen molar-refractivity contribution in [3.63, 3.8) is 0 Å². The summed E-state index contributed by atoms with van der Waals surface area (Å²) in [5.41, 5.74) is 4.94. The summed E-state index contributed by atoms with van der Waals surface area (Å²) in [4.78, 5) is 8.90. The number of aromatic hydroxyl groups is 1. The van der Waals surface area contributed by atoms with Crippen LogP contribution in [0.3, 0.4) is 0 Å². The van der Waals surface area contributed by atoms with E-state index < -0.39 is 0 Å². The third kappa shape index (κ3) is 4.11. The van der Waals surface area contributed by atoms with Crippen LogP contribution in [0.2, 0.25) is 5.15 Å². The fourth-order valence-electron chi connectivity index (χ4n) is 3.98. The van der Waals surface area contributed by atoms with Gasteiger partial charge >= 0.3 is 0 Å². The molecule has 32 heavy (non-hydrogen) atoms. The number of aromatic nitrogens is 5. The van der Waals surface area contributed by atoms with Crippen molar-refractivity contribution in [2.24, 2.45) is 7.05 Å². The van der Waals surface area contributed by atoms with Crippen LogP contribution in [-0.4, -0.2) is 29.3 Å². The molecule has 1 N–H and O–H groups in total. The van der Waals surface area contributed by atoms with Crippen LogP contribution in [0.5, 0.6) is 5.75 Å². The van der Waals surface area contributed by atoms with Crippen molar-refractivity contribution < 1.29 is 5.11 Å². The van der Waals surface area contributed by atoms with E-state index in [0.717, 1.165) is 35.0 Å². The number of nitrogens with zero attached hydrogens (tertiary/aromatic N) is 5. The van der Waals surface area contributed by atoms with Crippen molar-refractivity contribution in [3.05, 3.63) is 53.1 Å². The second-order valence-electron chi connectivity index (χ2n) is 7.42. The van der Waals surface area contributed by atoms with Gasteiger partial charge in [0, 0.05) is 31.2 Å². The second kappa shape index (κ2) is 10.2. The van der Waals surface area contributed by atoms with Gasteiger partial charge in [-0.25, -0.2) is 14.5 Å². The number of phenolic OH excluding ortho intramolecular Hbond substituents is 1. The van der Waals surface area contributed by atoms with E-state index in [1.165, 1.54) is 12.0 Å². The third-order valence-electron chi connectivity index (χ3n) is 5.76. The molecule has 0 bridgehead atoms. The summed E-state index contributed by atoms with van der Waals surface area (Å²) >= 11 is 6.68. The van der Waals surface area contributed by atoms with E-state index in [1.54, 1.807) is 12.3 Å². The minimum absolute atomic E-state index is 0.290. The van der Waals surface area contributed by atoms with Gasteiger partial charge in [-0.1, -0.05) is 57.8 Å². The van der Waals surface area contributed by atoms with Gasteiger partial charge in [0.15, 0.2) is 11.0 Å². The van der Waals surface area contributed by atoms with Crippen LogP contribution in [0, 0.1) is 6.92 Å². The standard InChI is InChI=1S/C21H20ClN5O.2C2H6/c1-12-14(7-4-8-16(12)28)15-11-27-18(17(15)13-5-3-6-13)19(22)24-20(25-27)21-23-9-10-26(21)2;2*1-2/h4,7-11,13,28H,3,5-6H2,1-2H3;2*1-2H3. The molecule has 1 fully saturated rings. The predicted octanol–water partition coefficient (Wildman–Crippen LogP) is 6.78. The number of fused-ring (bicyclic) bond motifs is 1. The first kappa shape index (κ1) is 23.8. The average Bonchev–Trinajstić information content (AvgIpc) is 3.36. The van der Waals surface area contributed by atoms with Crippen LogP contribution in [0.15, 0.2) is 36.8 Å². The smallest absolute Gasteiger partial charge is 0.217 e. The molecular weight excluding hydrogens is 422 g/mol. The molecule has 0 saturated heterocycles. The lowest BCUT2D eigenvalue weighted by molar-refractivity contribution is 0.423. The molecule has 0 atom stereocenters. The number of benzene rings is 1. The Morgan fingerprint density at radius 2 is 1.81 bits per heavy atom. The molecule has 1 aromatic carbocycles. The largest absolute Gasteiger partial charge is 0.508 e. The zero-order valence-corrected chi connectivity index (χ0v) is 20.5. The Morgan fingerprint density at radius 3 is 2.41 bits per heavy atom. The van der Waals surface area contributed by atoms with Crippen molar-refractivity contribution >= 4 is 17.1 Å². The minimum atomic E-state index is 0.290. The van der Waals surface area contributed by atoms with E-state index in [0.29, 0.717) is 22.7 Å². The number of aryl methyl sites for hydroxylation is 1. The summed E-state index contributed by atoms with van der Waals surface area (Å²) in [5, 5.41) is 15.4. The Labute approximate surface area is 194 Å². The highest BCUT2D eigenvalue weighted by atomic mass is 35.5. The first-order chi connectivity index (χ1) is 15.5. The minimum Gasteiger partial charge on any atom is -0.508 e. The Morgan fingerprint density at radius 1 is 1.09 bits per heavy atom. The van der Waals surface area contributed by atoms with Gasteiger partial charge < -0.3 is 9.67 Å². The Hall–Kier alpha value is -2.86. The van der Waals surface area contributed by atoms with Gasteiger partial charge in [-0.3, -0.25) is 0 Å². The van der Waals surface area contributed by atoms with Gasteiger partial charge in [-0.15, -0.1) is 5.10 Å². The molecule has 0 unspecified atom stereocenters. The molecule has 1 aliphatic carbocycles. The van der Waals surface area contributed by atoms with Crippen LogP contribution < -0.4 is 0 Å². The van der Waals surface area contributed by atoms with E-state index in [2.05, 4.69) is 9.97 Å². The highest BCUT2D eigenvalue weighted by Crippen LogP contribution is 2.46. The van der Waals surface area contributed by atoms with Crippen LogP contribution >= 0.6 is 11.6 Å². The highest BCUT2D eigenvalue weighted by molar-refractivity contribution is 6.33. The van der Waals surface area contributed by atoms with Crippen molar-refractivity contribution in [1.82, 2.24) is 24.1 Å².